The maximum atomic E-state index is 9.75. The lowest BCUT2D eigenvalue weighted by molar-refractivity contribution is 0.474. The summed E-state index contributed by atoms with van der Waals surface area (Å²) >= 11 is 0. The SMILES string of the molecule is N=C(N)c1ccc(O)c(C=CCNc2ccccc2)c1. The normalized spacial score (nSPS) is 10.6. The highest BCUT2D eigenvalue weighted by molar-refractivity contribution is 5.95. The van der Waals surface area contributed by atoms with Crippen molar-refractivity contribution in [2.24, 2.45) is 5.73 Å². The van der Waals surface area contributed by atoms with Gasteiger partial charge in [-0.3, -0.25) is 5.41 Å². The van der Waals surface area contributed by atoms with Crippen LogP contribution in [0.25, 0.3) is 6.08 Å². The third-order valence-electron chi connectivity index (χ3n) is 2.83. The molecule has 0 spiro atoms. The van der Waals surface area contributed by atoms with Crippen molar-refractivity contribution in [1.82, 2.24) is 0 Å². The Hall–Kier alpha value is -2.75. The van der Waals surface area contributed by atoms with Crippen LogP contribution in [0.5, 0.6) is 5.75 Å². The number of phenolic OH excluding ortho intramolecular Hbond substituents is 1. The fourth-order valence-corrected chi connectivity index (χ4v) is 1.77. The summed E-state index contributed by atoms with van der Waals surface area (Å²) < 4.78 is 0. The van der Waals surface area contributed by atoms with Crippen molar-refractivity contribution in [3.8, 4) is 5.75 Å². The molecule has 2 rings (SSSR count). The fraction of sp³-hybridized carbons (Fsp3) is 0.0625. The number of nitrogens with two attached hydrogens (primary N) is 1. The summed E-state index contributed by atoms with van der Waals surface area (Å²) in [5.41, 5.74) is 7.71. The third-order valence-corrected chi connectivity index (χ3v) is 2.83. The van der Waals surface area contributed by atoms with Gasteiger partial charge in [0.1, 0.15) is 11.6 Å². The van der Waals surface area contributed by atoms with Gasteiger partial charge in [0.15, 0.2) is 0 Å². The van der Waals surface area contributed by atoms with E-state index in [1.54, 1.807) is 24.3 Å². The molecule has 0 atom stereocenters. The standard InChI is InChI=1S/C16H17N3O/c17-16(18)13-8-9-15(20)12(11-13)5-4-10-19-14-6-2-1-3-7-14/h1-9,11,19-20H,10H2,(H3,17,18). The highest BCUT2D eigenvalue weighted by atomic mass is 16.3. The minimum Gasteiger partial charge on any atom is -0.507 e. The molecule has 5 N–H and O–H groups in total. The maximum absolute atomic E-state index is 9.75. The molecule has 0 saturated carbocycles. The molecule has 0 radical (unpaired) electrons. The number of hydrogen-bond donors (Lipinski definition) is 4. The second-order valence-corrected chi connectivity index (χ2v) is 4.34. The number of hydrogen-bond acceptors (Lipinski definition) is 3. The highest BCUT2D eigenvalue weighted by Crippen LogP contribution is 2.19. The van der Waals surface area contributed by atoms with Crippen molar-refractivity contribution in [2.75, 3.05) is 11.9 Å². The highest BCUT2D eigenvalue weighted by Gasteiger charge is 2.01. The first-order valence-electron chi connectivity index (χ1n) is 6.29. The number of aromatic hydroxyl groups is 1. The molecular weight excluding hydrogens is 250 g/mol. The van der Waals surface area contributed by atoms with Crippen molar-refractivity contribution < 1.29 is 5.11 Å². The van der Waals surface area contributed by atoms with Crippen molar-refractivity contribution in [2.45, 2.75) is 0 Å². The van der Waals surface area contributed by atoms with Crippen LogP contribution in [-0.2, 0) is 0 Å². The molecule has 4 heteroatoms. The Kier molecular flexibility index (Phi) is 4.39. The van der Waals surface area contributed by atoms with Gasteiger partial charge in [0, 0.05) is 23.4 Å². The number of nitrogen functional groups attached to an aromatic ring is 1. The molecule has 4 nitrogen and oxygen atoms in total. The van der Waals surface area contributed by atoms with Gasteiger partial charge >= 0.3 is 0 Å². The van der Waals surface area contributed by atoms with Gasteiger partial charge in [-0.25, -0.2) is 0 Å². The molecule has 0 aliphatic carbocycles. The molecule has 0 fully saturated rings. The summed E-state index contributed by atoms with van der Waals surface area (Å²) in [5.74, 6) is 0.160. The second-order valence-electron chi connectivity index (χ2n) is 4.34. The Bertz CT molecular complexity index is 621. The number of phenols is 1. The second kappa shape index (κ2) is 6.43. The van der Waals surface area contributed by atoms with Crippen LogP contribution in [0.4, 0.5) is 5.69 Å². The van der Waals surface area contributed by atoms with Crippen molar-refractivity contribution in [1.29, 1.82) is 5.41 Å². The van der Waals surface area contributed by atoms with Gasteiger partial charge in [0.25, 0.3) is 0 Å². The number of anilines is 1. The number of amidine groups is 1. The van der Waals surface area contributed by atoms with E-state index in [-0.39, 0.29) is 11.6 Å². The zero-order valence-electron chi connectivity index (χ0n) is 11.0. The molecular formula is C16H17N3O. The minimum atomic E-state index is -0.0120. The van der Waals surface area contributed by atoms with E-state index in [1.165, 1.54) is 0 Å². The van der Waals surface area contributed by atoms with Gasteiger partial charge in [-0.05, 0) is 30.3 Å². The third kappa shape index (κ3) is 3.62. The molecule has 0 unspecified atom stereocenters. The molecule has 0 aliphatic heterocycles. The van der Waals surface area contributed by atoms with Gasteiger partial charge < -0.3 is 16.2 Å². The number of benzene rings is 2. The molecule has 0 aromatic heterocycles. The summed E-state index contributed by atoms with van der Waals surface area (Å²) in [4.78, 5) is 0. The largest absolute Gasteiger partial charge is 0.507 e. The first-order valence-corrected chi connectivity index (χ1v) is 6.29. The smallest absolute Gasteiger partial charge is 0.122 e. The molecule has 0 saturated heterocycles. The van der Waals surface area contributed by atoms with Gasteiger partial charge in [0.05, 0.1) is 0 Å². The Morgan fingerprint density at radius 3 is 2.65 bits per heavy atom. The summed E-state index contributed by atoms with van der Waals surface area (Å²) in [5, 5.41) is 20.4. The maximum Gasteiger partial charge on any atom is 0.122 e. The first kappa shape index (κ1) is 13.7. The van der Waals surface area contributed by atoms with Crippen molar-refractivity contribution >= 4 is 17.6 Å². The van der Waals surface area contributed by atoms with Crippen LogP contribution in [0, 0.1) is 5.41 Å². The van der Waals surface area contributed by atoms with Gasteiger partial charge in [-0.15, -0.1) is 0 Å². The van der Waals surface area contributed by atoms with Gasteiger partial charge in [0.2, 0.25) is 0 Å². The average molecular weight is 267 g/mol. The van der Waals surface area contributed by atoms with E-state index in [2.05, 4.69) is 5.32 Å². The van der Waals surface area contributed by atoms with Crippen molar-refractivity contribution in [3.63, 3.8) is 0 Å². The quantitative estimate of drug-likeness (QED) is 0.496. The average Bonchev–Trinajstić information content (AvgIpc) is 2.46. The van der Waals surface area contributed by atoms with Crippen LogP contribution in [-0.4, -0.2) is 17.5 Å². The molecule has 0 bridgehead atoms. The molecule has 2 aromatic carbocycles. The van der Waals surface area contributed by atoms with Crippen LogP contribution in [0.2, 0.25) is 0 Å². The van der Waals surface area contributed by atoms with E-state index in [0.29, 0.717) is 17.7 Å². The summed E-state index contributed by atoms with van der Waals surface area (Å²) in [7, 11) is 0. The zero-order valence-corrected chi connectivity index (χ0v) is 11.0. The summed E-state index contributed by atoms with van der Waals surface area (Å²) in [6, 6.07) is 14.7. The van der Waals surface area contributed by atoms with E-state index < -0.39 is 0 Å². The predicted molar refractivity (Wildman–Crippen MR) is 83.1 cm³/mol. The molecule has 0 heterocycles. The fourth-order valence-electron chi connectivity index (χ4n) is 1.77. The van der Waals surface area contributed by atoms with E-state index in [0.717, 1.165) is 5.69 Å². The van der Waals surface area contributed by atoms with E-state index >= 15 is 0 Å². The lowest BCUT2D eigenvalue weighted by Gasteiger charge is -2.04. The van der Waals surface area contributed by atoms with Crippen molar-refractivity contribution in [3.05, 3.63) is 65.7 Å². The van der Waals surface area contributed by atoms with E-state index in [1.807, 2.05) is 36.4 Å². The predicted octanol–water partition coefficient (Wildman–Crippen LogP) is 2.80. The molecule has 102 valence electrons. The number of nitrogens with one attached hydrogen (secondary N) is 2. The Labute approximate surface area is 118 Å². The zero-order chi connectivity index (χ0) is 14.4. The Balaban J connectivity index is 2.00. The lowest BCUT2D eigenvalue weighted by Crippen LogP contribution is -2.10. The molecule has 0 amide bonds. The molecule has 20 heavy (non-hydrogen) atoms. The van der Waals surface area contributed by atoms with Crippen LogP contribution in [0.3, 0.4) is 0 Å². The van der Waals surface area contributed by atoms with Crippen LogP contribution in [0.1, 0.15) is 11.1 Å². The summed E-state index contributed by atoms with van der Waals surface area (Å²) in [6.45, 7) is 0.647. The molecule has 0 aliphatic rings. The number of para-hydroxylation sites is 1. The Morgan fingerprint density at radius 1 is 1.20 bits per heavy atom. The van der Waals surface area contributed by atoms with Crippen LogP contribution >= 0.6 is 0 Å². The minimum absolute atomic E-state index is 0.0120. The van der Waals surface area contributed by atoms with Crippen LogP contribution < -0.4 is 11.1 Å². The monoisotopic (exact) mass is 267 g/mol. The topological polar surface area (TPSA) is 82.1 Å². The van der Waals surface area contributed by atoms with Crippen LogP contribution in [0.15, 0.2) is 54.6 Å². The lowest BCUT2D eigenvalue weighted by atomic mass is 10.1. The van der Waals surface area contributed by atoms with E-state index in [9.17, 15) is 5.11 Å². The number of rotatable bonds is 5. The molecule has 2 aromatic rings. The summed E-state index contributed by atoms with van der Waals surface area (Å²) in [6.07, 6.45) is 3.71. The van der Waals surface area contributed by atoms with Gasteiger partial charge in [-0.2, -0.15) is 0 Å². The van der Waals surface area contributed by atoms with Gasteiger partial charge in [-0.1, -0.05) is 30.4 Å². The first-order chi connectivity index (χ1) is 9.66. The van der Waals surface area contributed by atoms with E-state index in [4.69, 9.17) is 11.1 Å². The Morgan fingerprint density at radius 2 is 1.95 bits per heavy atom.